The van der Waals surface area contributed by atoms with E-state index in [1.807, 2.05) is 18.2 Å². The lowest BCUT2D eigenvalue weighted by molar-refractivity contribution is 0.0728. The molecule has 1 aromatic heterocycles. The lowest BCUT2D eigenvalue weighted by atomic mass is 10.2. The number of benzene rings is 2. The molecule has 3 aromatic rings. The fraction of sp³-hybridized carbons (Fsp3) is 0.292. The molecule has 0 N–H and O–H groups in total. The highest BCUT2D eigenvalue weighted by Crippen LogP contribution is 2.22. The Bertz CT molecular complexity index is 1110. The van der Waals surface area contributed by atoms with E-state index in [0.717, 1.165) is 26.1 Å². The fourth-order valence-electron chi connectivity index (χ4n) is 3.87. The van der Waals surface area contributed by atoms with Gasteiger partial charge in [-0.25, -0.2) is 8.42 Å². The van der Waals surface area contributed by atoms with E-state index in [1.54, 1.807) is 41.3 Å². The number of carbonyl (C=O) groups excluding carboxylic acids is 1. The minimum atomic E-state index is -3.56. The van der Waals surface area contributed by atoms with Crippen molar-refractivity contribution < 1.29 is 17.6 Å². The topological polar surface area (TPSA) is 70.8 Å². The van der Waals surface area contributed by atoms with Gasteiger partial charge in [-0.2, -0.15) is 0 Å². The number of hydrogen-bond donors (Lipinski definition) is 0. The molecule has 7 heteroatoms. The molecule has 0 unspecified atom stereocenters. The van der Waals surface area contributed by atoms with Crippen LogP contribution >= 0.6 is 0 Å². The van der Waals surface area contributed by atoms with Gasteiger partial charge >= 0.3 is 0 Å². The Morgan fingerprint density at radius 3 is 2.32 bits per heavy atom. The van der Waals surface area contributed by atoms with Crippen LogP contribution in [0.15, 0.2) is 82.3 Å². The summed E-state index contributed by atoms with van der Waals surface area (Å²) in [6, 6.07) is 20.1. The lowest BCUT2D eigenvalue weighted by Crippen LogP contribution is -2.35. The Balaban J connectivity index is 1.43. The summed E-state index contributed by atoms with van der Waals surface area (Å²) in [6.07, 6.45) is 2.25. The first-order valence-electron chi connectivity index (χ1n) is 10.4. The van der Waals surface area contributed by atoms with E-state index in [1.165, 1.54) is 11.8 Å². The zero-order chi connectivity index (χ0) is 21.7. The highest BCUT2D eigenvalue weighted by molar-refractivity contribution is 7.90. The molecule has 0 atom stereocenters. The molecule has 31 heavy (non-hydrogen) atoms. The van der Waals surface area contributed by atoms with Crippen molar-refractivity contribution in [2.45, 2.75) is 23.6 Å². The maximum atomic E-state index is 13.1. The second-order valence-electron chi connectivity index (χ2n) is 7.75. The van der Waals surface area contributed by atoms with Crippen LogP contribution in [0, 0.1) is 0 Å². The van der Waals surface area contributed by atoms with E-state index < -0.39 is 9.84 Å². The van der Waals surface area contributed by atoms with Gasteiger partial charge in [-0.05, 0) is 30.2 Å². The number of furan rings is 1. The van der Waals surface area contributed by atoms with Crippen molar-refractivity contribution in [3.8, 4) is 0 Å². The standard InChI is InChI=1S/C24H26N2O4S/c27-24(26-14-7-13-25(15-16-26)18-20-8-3-1-4-9-20)23-21(12-17-30-23)19-31(28,29)22-10-5-2-6-11-22/h1-6,8-12,17H,7,13-16,18-19H2. The summed E-state index contributed by atoms with van der Waals surface area (Å²) in [4.78, 5) is 17.5. The summed E-state index contributed by atoms with van der Waals surface area (Å²) in [5.41, 5.74) is 1.65. The monoisotopic (exact) mass is 438 g/mol. The Labute approximate surface area is 183 Å². The summed E-state index contributed by atoms with van der Waals surface area (Å²) in [5.74, 6) is -0.386. The summed E-state index contributed by atoms with van der Waals surface area (Å²) in [5, 5.41) is 0. The Hall–Kier alpha value is -2.90. The fourth-order valence-corrected chi connectivity index (χ4v) is 5.25. The number of nitrogens with zero attached hydrogens (tertiary/aromatic N) is 2. The first-order valence-corrected chi connectivity index (χ1v) is 12.1. The normalized spacial score (nSPS) is 15.5. The van der Waals surface area contributed by atoms with Crippen molar-refractivity contribution in [3.63, 3.8) is 0 Å². The number of amides is 1. The van der Waals surface area contributed by atoms with E-state index in [4.69, 9.17) is 4.42 Å². The van der Waals surface area contributed by atoms with Crippen molar-refractivity contribution in [2.75, 3.05) is 26.2 Å². The van der Waals surface area contributed by atoms with Gasteiger partial charge in [0.25, 0.3) is 5.91 Å². The van der Waals surface area contributed by atoms with Crippen molar-refractivity contribution in [2.24, 2.45) is 0 Å². The zero-order valence-electron chi connectivity index (χ0n) is 17.3. The van der Waals surface area contributed by atoms with Crippen LogP contribution in [0.4, 0.5) is 0 Å². The second kappa shape index (κ2) is 9.49. The van der Waals surface area contributed by atoms with E-state index >= 15 is 0 Å². The van der Waals surface area contributed by atoms with Crippen LogP contribution in [-0.2, 0) is 22.1 Å². The third-order valence-electron chi connectivity index (χ3n) is 5.51. The Morgan fingerprint density at radius 2 is 1.58 bits per heavy atom. The molecule has 0 aliphatic carbocycles. The van der Waals surface area contributed by atoms with Crippen LogP contribution < -0.4 is 0 Å². The third-order valence-corrected chi connectivity index (χ3v) is 7.20. The molecule has 1 aliphatic rings. The summed E-state index contributed by atoms with van der Waals surface area (Å²) in [7, 11) is -3.56. The van der Waals surface area contributed by atoms with Crippen LogP contribution in [0.2, 0.25) is 0 Å². The van der Waals surface area contributed by atoms with E-state index in [-0.39, 0.29) is 22.3 Å². The van der Waals surface area contributed by atoms with E-state index in [9.17, 15) is 13.2 Å². The predicted molar refractivity (Wildman–Crippen MR) is 118 cm³/mol. The molecule has 4 rings (SSSR count). The molecule has 6 nitrogen and oxygen atoms in total. The SMILES string of the molecule is O=C(c1occc1CS(=O)(=O)c1ccccc1)N1CCCN(Cc2ccccc2)CC1. The molecular weight excluding hydrogens is 412 g/mol. The predicted octanol–water partition coefficient (Wildman–Crippen LogP) is 3.60. The van der Waals surface area contributed by atoms with Crippen LogP contribution in [0.1, 0.15) is 28.1 Å². The molecule has 2 heterocycles. The van der Waals surface area contributed by atoms with Crippen molar-refractivity contribution in [1.29, 1.82) is 0 Å². The van der Waals surface area contributed by atoms with Crippen LogP contribution in [0.25, 0.3) is 0 Å². The highest BCUT2D eigenvalue weighted by atomic mass is 32.2. The summed E-state index contributed by atoms with van der Waals surface area (Å²) >= 11 is 0. The van der Waals surface area contributed by atoms with Gasteiger partial charge in [0.1, 0.15) is 0 Å². The maximum Gasteiger partial charge on any atom is 0.289 e. The lowest BCUT2D eigenvalue weighted by Gasteiger charge is -2.21. The number of hydrogen-bond acceptors (Lipinski definition) is 5. The Morgan fingerprint density at radius 1 is 0.871 bits per heavy atom. The first-order chi connectivity index (χ1) is 15.0. The van der Waals surface area contributed by atoms with Gasteiger partial charge in [-0.3, -0.25) is 9.69 Å². The van der Waals surface area contributed by atoms with Gasteiger partial charge in [-0.15, -0.1) is 0 Å². The van der Waals surface area contributed by atoms with Gasteiger partial charge < -0.3 is 9.32 Å². The van der Waals surface area contributed by atoms with E-state index in [0.29, 0.717) is 18.7 Å². The van der Waals surface area contributed by atoms with Gasteiger partial charge in [-0.1, -0.05) is 48.5 Å². The molecule has 1 fully saturated rings. The van der Waals surface area contributed by atoms with Gasteiger partial charge in [0.15, 0.2) is 15.6 Å². The molecule has 1 amide bonds. The number of carbonyl (C=O) groups is 1. The van der Waals surface area contributed by atoms with Gasteiger partial charge in [0, 0.05) is 38.3 Å². The second-order valence-corrected chi connectivity index (χ2v) is 9.74. The third kappa shape index (κ3) is 5.24. The molecule has 0 bridgehead atoms. The molecular formula is C24H26N2O4S. The average Bonchev–Trinajstić information content (AvgIpc) is 3.11. The Kier molecular flexibility index (Phi) is 6.53. The maximum absolute atomic E-state index is 13.1. The van der Waals surface area contributed by atoms with E-state index in [2.05, 4.69) is 17.0 Å². The molecule has 0 spiro atoms. The smallest absolute Gasteiger partial charge is 0.289 e. The number of sulfone groups is 1. The molecule has 0 radical (unpaired) electrons. The largest absolute Gasteiger partial charge is 0.459 e. The molecule has 162 valence electrons. The first kappa shape index (κ1) is 21.3. The van der Waals surface area contributed by atoms with Crippen LogP contribution in [0.5, 0.6) is 0 Å². The van der Waals surface area contributed by atoms with Gasteiger partial charge in [0.05, 0.1) is 16.9 Å². The van der Waals surface area contributed by atoms with Crippen molar-refractivity contribution >= 4 is 15.7 Å². The minimum Gasteiger partial charge on any atom is -0.459 e. The number of rotatable bonds is 6. The molecule has 1 saturated heterocycles. The van der Waals surface area contributed by atoms with Crippen molar-refractivity contribution in [3.05, 3.63) is 89.9 Å². The average molecular weight is 439 g/mol. The summed E-state index contributed by atoms with van der Waals surface area (Å²) in [6.45, 7) is 3.72. The minimum absolute atomic E-state index is 0.121. The zero-order valence-corrected chi connectivity index (χ0v) is 18.1. The molecule has 1 aliphatic heterocycles. The quantitative estimate of drug-likeness (QED) is 0.588. The van der Waals surface area contributed by atoms with Crippen LogP contribution in [-0.4, -0.2) is 50.3 Å². The van der Waals surface area contributed by atoms with Gasteiger partial charge in [0.2, 0.25) is 0 Å². The summed E-state index contributed by atoms with van der Waals surface area (Å²) < 4.78 is 31.0. The molecule has 2 aromatic carbocycles. The van der Waals surface area contributed by atoms with Crippen molar-refractivity contribution in [1.82, 2.24) is 9.80 Å². The molecule has 0 saturated carbocycles. The van der Waals surface area contributed by atoms with Crippen LogP contribution in [0.3, 0.4) is 0 Å². The highest BCUT2D eigenvalue weighted by Gasteiger charge is 2.27.